The molecule has 1 N–H and O–H groups in total. The van der Waals surface area contributed by atoms with Crippen LogP contribution in [0.3, 0.4) is 0 Å². The number of quaternary nitrogens is 1. The second-order valence-electron chi connectivity index (χ2n) is 7.93. The molecule has 0 aliphatic heterocycles. The summed E-state index contributed by atoms with van der Waals surface area (Å²) in [5.74, 6) is 0.810. The number of methoxy groups -OCH3 is 1. The monoisotopic (exact) mass is 410 g/mol. The first-order chi connectivity index (χ1) is 14.0. The first-order valence-corrected chi connectivity index (χ1v) is 11.0. The van der Waals surface area contributed by atoms with E-state index in [0.717, 1.165) is 46.0 Å². The van der Waals surface area contributed by atoms with Gasteiger partial charge in [0.25, 0.3) is 5.91 Å². The summed E-state index contributed by atoms with van der Waals surface area (Å²) in [5, 5.41) is 0.747. The zero-order valence-corrected chi connectivity index (χ0v) is 18.1. The summed E-state index contributed by atoms with van der Waals surface area (Å²) in [4.78, 5) is 21.4. The number of aryl methyl sites for hydroxylation is 2. The zero-order valence-electron chi connectivity index (χ0n) is 17.3. The molecule has 0 radical (unpaired) electrons. The van der Waals surface area contributed by atoms with E-state index in [1.807, 2.05) is 29.2 Å². The van der Waals surface area contributed by atoms with Crippen LogP contribution in [0.4, 0.5) is 5.13 Å². The molecule has 4 rings (SSSR count). The number of fused-ring (bicyclic) bond motifs is 2. The molecule has 0 saturated carbocycles. The lowest BCUT2D eigenvalue weighted by Gasteiger charge is -2.22. The minimum Gasteiger partial charge on any atom is -0.497 e. The number of hydrogen-bond donors (Lipinski definition) is 1. The van der Waals surface area contributed by atoms with E-state index >= 15 is 0 Å². The average molecular weight is 411 g/mol. The van der Waals surface area contributed by atoms with E-state index in [0.29, 0.717) is 6.54 Å². The fourth-order valence-corrected chi connectivity index (χ4v) is 4.75. The summed E-state index contributed by atoms with van der Waals surface area (Å²) >= 11 is 1.56. The quantitative estimate of drug-likeness (QED) is 0.680. The van der Waals surface area contributed by atoms with E-state index in [2.05, 4.69) is 26.2 Å². The third-order valence-corrected chi connectivity index (χ3v) is 6.55. The molecule has 5 nitrogen and oxygen atoms in total. The Bertz CT molecular complexity index is 1030. The van der Waals surface area contributed by atoms with Crippen LogP contribution in [0.25, 0.3) is 10.2 Å². The van der Waals surface area contributed by atoms with Crippen LogP contribution in [0.1, 0.15) is 34.3 Å². The van der Waals surface area contributed by atoms with E-state index in [9.17, 15) is 4.79 Å². The molecule has 152 valence electrons. The Labute approximate surface area is 175 Å². The lowest BCUT2D eigenvalue weighted by atomic mass is 9.90. The smallest absolute Gasteiger partial charge is 0.260 e. The van der Waals surface area contributed by atoms with Crippen LogP contribution >= 0.6 is 11.3 Å². The van der Waals surface area contributed by atoms with Gasteiger partial charge in [-0.05, 0) is 61.1 Å². The van der Waals surface area contributed by atoms with Crippen LogP contribution in [0, 0.1) is 0 Å². The highest BCUT2D eigenvalue weighted by Crippen LogP contribution is 2.32. The summed E-state index contributed by atoms with van der Waals surface area (Å²) in [6.45, 7) is 1.49. The van der Waals surface area contributed by atoms with Crippen molar-refractivity contribution in [3.63, 3.8) is 0 Å². The van der Waals surface area contributed by atoms with Crippen LogP contribution in [-0.4, -0.2) is 45.2 Å². The topological polar surface area (TPSA) is 46.9 Å². The highest BCUT2D eigenvalue weighted by atomic mass is 32.1. The number of nitrogens with one attached hydrogen (secondary N) is 1. The molecule has 0 unspecified atom stereocenters. The summed E-state index contributed by atoms with van der Waals surface area (Å²) in [7, 11) is 5.86. The molecule has 29 heavy (non-hydrogen) atoms. The Hall–Kier alpha value is -2.44. The van der Waals surface area contributed by atoms with Gasteiger partial charge in [0.1, 0.15) is 5.75 Å². The highest BCUT2D eigenvalue weighted by Gasteiger charge is 2.23. The number of carbonyl (C=O) groups is 1. The van der Waals surface area contributed by atoms with E-state index in [4.69, 9.17) is 9.72 Å². The summed E-state index contributed by atoms with van der Waals surface area (Å²) in [5.41, 5.74) is 4.35. The normalized spacial score (nSPS) is 13.5. The van der Waals surface area contributed by atoms with E-state index in [1.54, 1.807) is 18.4 Å². The maximum Gasteiger partial charge on any atom is 0.260 e. The van der Waals surface area contributed by atoms with Gasteiger partial charge in [0.2, 0.25) is 0 Å². The lowest BCUT2D eigenvalue weighted by molar-refractivity contribution is -0.856. The molecule has 1 aliphatic rings. The summed E-state index contributed by atoms with van der Waals surface area (Å²) < 4.78 is 6.38. The van der Waals surface area contributed by atoms with Crippen molar-refractivity contribution in [1.29, 1.82) is 0 Å². The molecule has 1 aliphatic carbocycles. The van der Waals surface area contributed by atoms with Crippen LogP contribution in [0.15, 0.2) is 36.4 Å². The van der Waals surface area contributed by atoms with Gasteiger partial charge in [0, 0.05) is 11.6 Å². The number of anilines is 1. The first-order valence-electron chi connectivity index (χ1n) is 10.2. The molecule has 1 aromatic heterocycles. The zero-order chi connectivity index (χ0) is 20.4. The van der Waals surface area contributed by atoms with Gasteiger partial charge in [-0.1, -0.05) is 17.4 Å². The molecule has 3 aromatic rings. The Morgan fingerprint density at radius 2 is 1.93 bits per heavy atom. The van der Waals surface area contributed by atoms with Crippen molar-refractivity contribution in [2.24, 2.45) is 0 Å². The van der Waals surface area contributed by atoms with Crippen molar-refractivity contribution in [3.8, 4) is 5.75 Å². The second-order valence-corrected chi connectivity index (χ2v) is 8.94. The van der Waals surface area contributed by atoms with Crippen LogP contribution in [-0.2, 0) is 12.8 Å². The second kappa shape index (κ2) is 8.51. The number of thiazole rings is 1. The van der Waals surface area contributed by atoms with Crippen molar-refractivity contribution in [2.45, 2.75) is 25.7 Å². The van der Waals surface area contributed by atoms with E-state index < -0.39 is 0 Å². The predicted octanol–water partition coefficient (Wildman–Crippen LogP) is 2.98. The molecule has 0 atom stereocenters. The molecule has 0 fully saturated rings. The van der Waals surface area contributed by atoms with Gasteiger partial charge in [-0.15, -0.1) is 0 Å². The van der Waals surface area contributed by atoms with Crippen molar-refractivity contribution in [3.05, 3.63) is 53.1 Å². The molecular formula is C23H28N3O2S+. The number of ether oxygens (including phenoxy) is 1. The van der Waals surface area contributed by atoms with Crippen molar-refractivity contribution in [2.75, 3.05) is 39.2 Å². The van der Waals surface area contributed by atoms with E-state index in [1.165, 1.54) is 28.9 Å². The SMILES string of the molecule is COc1ccc2sc(N(CC[NH+](C)C)C(=O)c3ccc4c(c3)CCCC4)nc2c1. The Balaban J connectivity index is 1.68. The van der Waals surface area contributed by atoms with Crippen molar-refractivity contribution >= 4 is 32.6 Å². The number of amides is 1. The maximum absolute atomic E-state index is 13.5. The third kappa shape index (κ3) is 4.28. The van der Waals surface area contributed by atoms with Gasteiger partial charge >= 0.3 is 0 Å². The molecular weight excluding hydrogens is 382 g/mol. The van der Waals surface area contributed by atoms with Crippen LogP contribution < -0.4 is 14.5 Å². The molecule has 0 saturated heterocycles. The minimum atomic E-state index is 0.0330. The largest absolute Gasteiger partial charge is 0.497 e. The van der Waals surface area contributed by atoms with Crippen molar-refractivity contribution < 1.29 is 14.4 Å². The molecule has 2 aromatic carbocycles. The number of hydrogen-bond acceptors (Lipinski definition) is 4. The highest BCUT2D eigenvalue weighted by molar-refractivity contribution is 7.22. The first kappa shape index (κ1) is 19.9. The fourth-order valence-electron chi connectivity index (χ4n) is 3.78. The van der Waals surface area contributed by atoms with Crippen LogP contribution in [0.5, 0.6) is 5.75 Å². The molecule has 1 amide bonds. The number of carbonyl (C=O) groups excluding carboxylic acids is 1. The number of benzene rings is 2. The number of aromatic nitrogens is 1. The molecule has 6 heteroatoms. The summed E-state index contributed by atoms with van der Waals surface area (Å²) in [6.07, 6.45) is 4.64. The number of nitrogens with zero attached hydrogens (tertiary/aromatic N) is 2. The molecule has 0 bridgehead atoms. The molecule has 1 heterocycles. The van der Waals surface area contributed by atoms with Gasteiger partial charge < -0.3 is 9.64 Å². The third-order valence-electron chi connectivity index (χ3n) is 5.49. The Morgan fingerprint density at radius 1 is 1.14 bits per heavy atom. The lowest BCUT2D eigenvalue weighted by Crippen LogP contribution is -3.06. The van der Waals surface area contributed by atoms with Gasteiger partial charge in [0.05, 0.1) is 44.5 Å². The Morgan fingerprint density at radius 3 is 2.69 bits per heavy atom. The Kier molecular flexibility index (Phi) is 5.83. The minimum absolute atomic E-state index is 0.0330. The van der Waals surface area contributed by atoms with Crippen LogP contribution in [0.2, 0.25) is 0 Å². The fraction of sp³-hybridized carbons (Fsp3) is 0.391. The van der Waals surface area contributed by atoms with E-state index in [-0.39, 0.29) is 5.91 Å². The predicted molar refractivity (Wildman–Crippen MR) is 119 cm³/mol. The standard InChI is InChI=1S/C23H27N3O2S/c1-25(2)12-13-26(23-24-20-15-19(28-3)10-11-21(20)29-23)22(27)18-9-8-16-6-4-5-7-17(16)14-18/h8-11,14-15H,4-7,12-13H2,1-3H3/p+1. The number of likely N-dealkylation sites (N-methyl/N-ethyl adjacent to an activating group) is 1. The van der Waals surface area contributed by atoms with Gasteiger partial charge in [-0.25, -0.2) is 4.98 Å². The molecule has 0 spiro atoms. The summed E-state index contributed by atoms with van der Waals surface area (Å²) in [6, 6.07) is 12.1. The number of rotatable bonds is 6. The van der Waals surface area contributed by atoms with Crippen molar-refractivity contribution in [1.82, 2.24) is 4.98 Å². The maximum atomic E-state index is 13.5. The van der Waals surface area contributed by atoms with Gasteiger partial charge in [0.15, 0.2) is 5.13 Å². The average Bonchev–Trinajstić information content (AvgIpc) is 3.15. The van der Waals surface area contributed by atoms with Gasteiger partial charge in [-0.3, -0.25) is 9.69 Å². The van der Waals surface area contributed by atoms with Gasteiger partial charge in [-0.2, -0.15) is 0 Å².